The summed E-state index contributed by atoms with van der Waals surface area (Å²) in [5.74, 6) is 0. The molecule has 2 aromatic carbocycles. The zero-order valence-corrected chi connectivity index (χ0v) is 16.9. The molecule has 0 spiro atoms. The first kappa shape index (κ1) is 20.1. The molecule has 0 aliphatic heterocycles. The van der Waals surface area contributed by atoms with Crippen molar-refractivity contribution in [3.8, 4) is 0 Å². The minimum atomic E-state index is 0.383. The predicted octanol–water partition coefficient (Wildman–Crippen LogP) is 5.24. The first-order valence-electron chi connectivity index (χ1n) is 9.52. The van der Waals surface area contributed by atoms with Crippen molar-refractivity contribution in [2.45, 2.75) is 13.3 Å². The maximum Gasteiger partial charge on any atom is 0.0706 e. The van der Waals surface area contributed by atoms with E-state index in [4.69, 9.17) is 11.1 Å². The molecule has 0 aliphatic carbocycles. The number of nitrogen functional groups attached to an aromatic ring is 1. The lowest BCUT2D eigenvalue weighted by molar-refractivity contribution is 1.19. The number of benzene rings is 2. The van der Waals surface area contributed by atoms with Gasteiger partial charge in [-0.1, -0.05) is 43.0 Å². The molecule has 0 aliphatic rings. The van der Waals surface area contributed by atoms with Crippen molar-refractivity contribution in [2.24, 2.45) is 0 Å². The summed E-state index contributed by atoms with van der Waals surface area (Å²) in [5.41, 5.74) is 13.8. The normalized spacial score (nSPS) is 11.2. The van der Waals surface area contributed by atoms with E-state index in [1.54, 1.807) is 6.20 Å². The summed E-state index contributed by atoms with van der Waals surface area (Å²) < 4.78 is 0. The first-order chi connectivity index (χ1) is 14.0. The first-order valence-corrected chi connectivity index (χ1v) is 9.52. The van der Waals surface area contributed by atoms with Crippen LogP contribution in [0.5, 0.6) is 0 Å². The lowest BCUT2D eigenvalue weighted by Gasteiger charge is -2.14. The number of hydrogen-bond acceptors (Lipinski definition) is 4. The van der Waals surface area contributed by atoms with Gasteiger partial charge in [0.2, 0.25) is 0 Å². The SMILES string of the molecule is C=C/C(=C\c1cc(C(=N)c2ccnc(C)c2)c(N)cc1NC)Cc1ccccc1. The Kier molecular flexibility index (Phi) is 6.25. The van der Waals surface area contributed by atoms with E-state index in [1.807, 2.05) is 62.5 Å². The van der Waals surface area contributed by atoms with Crippen molar-refractivity contribution in [3.63, 3.8) is 0 Å². The molecule has 1 heterocycles. The van der Waals surface area contributed by atoms with E-state index >= 15 is 0 Å². The van der Waals surface area contributed by atoms with E-state index in [2.05, 4.69) is 35.1 Å². The molecule has 0 fully saturated rings. The van der Waals surface area contributed by atoms with Crippen LogP contribution in [0, 0.1) is 12.3 Å². The van der Waals surface area contributed by atoms with Gasteiger partial charge in [-0.15, -0.1) is 0 Å². The van der Waals surface area contributed by atoms with Gasteiger partial charge < -0.3 is 11.1 Å². The Morgan fingerprint density at radius 1 is 1.17 bits per heavy atom. The van der Waals surface area contributed by atoms with Gasteiger partial charge in [0.15, 0.2) is 0 Å². The van der Waals surface area contributed by atoms with Crippen LogP contribution < -0.4 is 11.1 Å². The predicted molar refractivity (Wildman–Crippen MR) is 124 cm³/mol. The number of allylic oxidation sites excluding steroid dienone is 2. The lowest BCUT2D eigenvalue weighted by atomic mass is 9.96. The topological polar surface area (TPSA) is 74.8 Å². The van der Waals surface area contributed by atoms with Crippen LogP contribution >= 0.6 is 0 Å². The highest BCUT2D eigenvalue weighted by Gasteiger charge is 2.13. The third kappa shape index (κ3) is 4.79. The molecule has 0 saturated carbocycles. The molecule has 29 heavy (non-hydrogen) atoms. The molecular weight excluding hydrogens is 356 g/mol. The summed E-state index contributed by atoms with van der Waals surface area (Å²) in [7, 11) is 1.87. The van der Waals surface area contributed by atoms with Crippen LogP contribution in [0.3, 0.4) is 0 Å². The molecule has 1 aromatic heterocycles. The van der Waals surface area contributed by atoms with E-state index < -0.39 is 0 Å². The van der Waals surface area contributed by atoms with E-state index in [9.17, 15) is 0 Å². The Morgan fingerprint density at radius 2 is 1.93 bits per heavy atom. The van der Waals surface area contributed by atoms with Crippen molar-refractivity contribution in [1.29, 1.82) is 5.41 Å². The molecule has 3 aromatic rings. The second kappa shape index (κ2) is 9.02. The molecule has 4 heteroatoms. The van der Waals surface area contributed by atoms with Crippen LogP contribution in [0.15, 0.2) is 79.0 Å². The van der Waals surface area contributed by atoms with Crippen molar-refractivity contribution >= 4 is 23.2 Å². The number of rotatable bonds is 7. The van der Waals surface area contributed by atoms with Crippen LogP contribution in [0.25, 0.3) is 6.08 Å². The van der Waals surface area contributed by atoms with Gasteiger partial charge in [-0.05, 0) is 60.4 Å². The summed E-state index contributed by atoms with van der Waals surface area (Å²) in [6.07, 6.45) is 6.47. The Bertz CT molecular complexity index is 1070. The highest BCUT2D eigenvalue weighted by Crippen LogP contribution is 2.28. The molecule has 0 unspecified atom stereocenters. The second-order valence-corrected chi connectivity index (χ2v) is 6.92. The van der Waals surface area contributed by atoms with Gasteiger partial charge in [-0.3, -0.25) is 10.4 Å². The number of hydrogen-bond donors (Lipinski definition) is 3. The average Bonchev–Trinajstić information content (AvgIpc) is 2.74. The number of nitrogens with zero attached hydrogens (tertiary/aromatic N) is 1. The Hall–Kier alpha value is -3.66. The van der Waals surface area contributed by atoms with Crippen LogP contribution in [0.4, 0.5) is 11.4 Å². The summed E-state index contributed by atoms with van der Waals surface area (Å²) in [5, 5.41) is 11.9. The summed E-state index contributed by atoms with van der Waals surface area (Å²) in [6.45, 7) is 5.89. The molecule has 0 saturated heterocycles. The zero-order chi connectivity index (χ0) is 20.8. The van der Waals surface area contributed by atoms with Crippen LogP contribution in [0.2, 0.25) is 0 Å². The summed E-state index contributed by atoms with van der Waals surface area (Å²) in [6, 6.07) is 17.9. The number of nitrogens with one attached hydrogen (secondary N) is 2. The molecule has 0 bridgehead atoms. The highest BCUT2D eigenvalue weighted by atomic mass is 14.8. The van der Waals surface area contributed by atoms with Crippen LogP contribution in [0.1, 0.15) is 27.9 Å². The minimum absolute atomic E-state index is 0.383. The number of aromatic nitrogens is 1. The highest BCUT2D eigenvalue weighted by molar-refractivity contribution is 6.14. The van der Waals surface area contributed by atoms with Crippen LogP contribution in [-0.2, 0) is 6.42 Å². The standard InChI is InChI=1S/C25H26N4/c1-4-18(13-19-8-6-5-7-9-19)14-21-15-22(23(26)16-24(21)28-3)25(27)20-10-11-29-17(2)12-20/h4-12,14-16,27-28H,1,13,26H2,2-3H3/b18-14+,27-25?. The average molecular weight is 383 g/mol. The van der Waals surface area contributed by atoms with E-state index in [0.717, 1.165) is 34.5 Å². The van der Waals surface area contributed by atoms with Gasteiger partial charge in [-0.25, -0.2) is 0 Å². The molecule has 0 amide bonds. The van der Waals surface area contributed by atoms with E-state index in [-0.39, 0.29) is 0 Å². The molecule has 3 rings (SSSR count). The third-order valence-corrected chi connectivity index (χ3v) is 4.80. The van der Waals surface area contributed by atoms with E-state index in [1.165, 1.54) is 5.56 Å². The smallest absolute Gasteiger partial charge is 0.0706 e. The van der Waals surface area contributed by atoms with Gasteiger partial charge in [0.05, 0.1) is 5.71 Å². The van der Waals surface area contributed by atoms with Gasteiger partial charge >= 0.3 is 0 Å². The summed E-state index contributed by atoms with van der Waals surface area (Å²) in [4.78, 5) is 4.22. The molecule has 4 N–H and O–H groups in total. The molecule has 0 radical (unpaired) electrons. The Labute approximate surface area is 172 Å². The Balaban J connectivity index is 2.02. The van der Waals surface area contributed by atoms with Crippen molar-refractivity contribution in [2.75, 3.05) is 18.1 Å². The van der Waals surface area contributed by atoms with Crippen molar-refractivity contribution in [1.82, 2.24) is 4.98 Å². The maximum atomic E-state index is 8.67. The largest absolute Gasteiger partial charge is 0.398 e. The van der Waals surface area contributed by atoms with Gasteiger partial charge in [0.25, 0.3) is 0 Å². The molecular formula is C25H26N4. The fraction of sp³-hybridized carbons (Fsp3) is 0.120. The number of aryl methyl sites for hydroxylation is 1. The Morgan fingerprint density at radius 3 is 2.59 bits per heavy atom. The number of nitrogens with two attached hydrogens (primary N) is 1. The minimum Gasteiger partial charge on any atom is -0.398 e. The molecule has 146 valence electrons. The second-order valence-electron chi connectivity index (χ2n) is 6.92. The monoisotopic (exact) mass is 382 g/mol. The number of pyridine rings is 1. The molecule has 0 atom stereocenters. The lowest BCUT2D eigenvalue weighted by Crippen LogP contribution is -2.08. The zero-order valence-electron chi connectivity index (χ0n) is 16.9. The van der Waals surface area contributed by atoms with Crippen molar-refractivity contribution < 1.29 is 0 Å². The number of anilines is 2. The van der Waals surface area contributed by atoms with Crippen molar-refractivity contribution in [3.05, 3.63) is 107 Å². The maximum absolute atomic E-state index is 8.67. The van der Waals surface area contributed by atoms with Gasteiger partial charge in [0.1, 0.15) is 0 Å². The molecule has 4 nitrogen and oxygen atoms in total. The summed E-state index contributed by atoms with van der Waals surface area (Å²) >= 11 is 0. The fourth-order valence-electron chi connectivity index (χ4n) is 3.26. The van der Waals surface area contributed by atoms with E-state index in [0.29, 0.717) is 17.0 Å². The van der Waals surface area contributed by atoms with Crippen LogP contribution in [-0.4, -0.2) is 17.7 Å². The quantitative estimate of drug-likeness (QED) is 0.297. The van der Waals surface area contributed by atoms with Gasteiger partial charge in [0, 0.05) is 41.4 Å². The fourth-order valence-corrected chi connectivity index (χ4v) is 3.26. The third-order valence-electron chi connectivity index (χ3n) is 4.80. The van der Waals surface area contributed by atoms with Gasteiger partial charge in [-0.2, -0.15) is 0 Å².